The zero-order valence-corrected chi connectivity index (χ0v) is 13.0. The van der Waals surface area contributed by atoms with Gasteiger partial charge in [0.1, 0.15) is 5.75 Å². The topological polar surface area (TPSA) is 61.0 Å². The molecule has 0 atom stereocenters. The second kappa shape index (κ2) is 7.74. The summed E-state index contributed by atoms with van der Waals surface area (Å²) in [6.45, 7) is 1.18. The number of nitrogens with two attached hydrogens (primary N) is 1. The lowest BCUT2D eigenvalue weighted by Gasteiger charge is -2.06. The van der Waals surface area contributed by atoms with Gasteiger partial charge in [-0.1, -0.05) is 47.0 Å². The molecule has 1 aromatic heterocycles. The van der Waals surface area contributed by atoms with Crippen molar-refractivity contribution in [2.24, 2.45) is 5.73 Å². The minimum atomic E-state index is 0.536. The second-order valence-corrected chi connectivity index (χ2v) is 6.96. The number of benzene rings is 1. The summed E-state index contributed by atoms with van der Waals surface area (Å²) in [5, 5.41) is 8.15. The summed E-state index contributed by atoms with van der Waals surface area (Å²) in [5.74, 6) is 1.72. The standard InChI is InChI=1S/C12H15N3OS3/c1-17-11-14-15-12(19-11)18-6-5-16-10-4-2-3-9(7-10)8-13/h2-4,7H,5-6,8,13H2,1H3. The number of ether oxygens (including phenoxy) is 1. The fourth-order valence-electron chi connectivity index (χ4n) is 1.39. The third-order valence-corrected chi connectivity index (χ3v) is 5.27. The Morgan fingerprint density at radius 3 is 2.89 bits per heavy atom. The van der Waals surface area contributed by atoms with Gasteiger partial charge >= 0.3 is 0 Å². The van der Waals surface area contributed by atoms with Crippen LogP contribution in [-0.2, 0) is 6.54 Å². The van der Waals surface area contributed by atoms with Crippen molar-refractivity contribution in [1.82, 2.24) is 10.2 Å². The molecule has 7 heteroatoms. The highest BCUT2D eigenvalue weighted by molar-refractivity contribution is 8.02. The summed E-state index contributed by atoms with van der Waals surface area (Å²) in [6.07, 6.45) is 2.00. The molecule has 0 bridgehead atoms. The van der Waals surface area contributed by atoms with Gasteiger partial charge in [-0.2, -0.15) is 0 Å². The maximum absolute atomic E-state index is 5.68. The molecule has 0 spiro atoms. The number of nitrogens with zero attached hydrogens (tertiary/aromatic N) is 2. The Labute approximate surface area is 125 Å². The van der Waals surface area contributed by atoms with Crippen molar-refractivity contribution >= 4 is 34.9 Å². The Morgan fingerprint density at radius 1 is 1.32 bits per heavy atom. The smallest absolute Gasteiger partial charge is 0.175 e. The molecule has 0 amide bonds. The first-order valence-electron chi connectivity index (χ1n) is 5.74. The molecule has 0 fully saturated rings. The van der Waals surface area contributed by atoms with Crippen molar-refractivity contribution < 1.29 is 4.74 Å². The van der Waals surface area contributed by atoms with E-state index in [-0.39, 0.29) is 0 Å². The molecular formula is C12H15N3OS3. The highest BCUT2D eigenvalue weighted by Crippen LogP contribution is 2.27. The van der Waals surface area contributed by atoms with Crippen LogP contribution < -0.4 is 10.5 Å². The lowest BCUT2D eigenvalue weighted by atomic mass is 10.2. The molecule has 19 heavy (non-hydrogen) atoms. The van der Waals surface area contributed by atoms with Gasteiger partial charge in [-0.15, -0.1) is 10.2 Å². The SMILES string of the molecule is CSc1nnc(SCCOc2cccc(CN)c2)s1. The van der Waals surface area contributed by atoms with E-state index in [1.54, 1.807) is 34.9 Å². The third-order valence-electron chi connectivity index (χ3n) is 2.27. The van der Waals surface area contributed by atoms with Crippen LogP contribution in [0.3, 0.4) is 0 Å². The molecule has 0 unspecified atom stereocenters. The van der Waals surface area contributed by atoms with Crippen LogP contribution in [0.15, 0.2) is 32.9 Å². The van der Waals surface area contributed by atoms with Gasteiger partial charge in [0.25, 0.3) is 0 Å². The molecule has 1 aromatic carbocycles. The minimum absolute atomic E-state index is 0.536. The molecule has 0 aliphatic rings. The van der Waals surface area contributed by atoms with E-state index < -0.39 is 0 Å². The normalized spacial score (nSPS) is 10.6. The van der Waals surface area contributed by atoms with Crippen molar-refractivity contribution in [2.45, 2.75) is 15.2 Å². The Morgan fingerprint density at radius 2 is 2.16 bits per heavy atom. The molecule has 2 N–H and O–H groups in total. The van der Waals surface area contributed by atoms with Gasteiger partial charge in [-0.25, -0.2) is 0 Å². The molecule has 0 aliphatic heterocycles. The van der Waals surface area contributed by atoms with Gasteiger partial charge in [-0.3, -0.25) is 0 Å². The van der Waals surface area contributed by atoms with E-state index in [4.69, 9.17) is 10.5 Å². The fraction of sp³-hybridized carbons (Fsp3) is 0.333. The number of hydrogen-bond acceptors (Lipinski definition) is 7. The average molecular weight is 313 g/mol. The van der Waals surface area contributed by atoms with Gasteiger partial charge in [-0.05, 0) is 24.0 Å². The number of aromatic nitrogens is 2. The summed E-state index contributed by atoms with van der Waals surface area (Å²) in [4.78, 5) is 0. The van der Waals surface area contributed by atoms with E-state index in [2.05, 4.69) is 10.2 Å². The van der Waals surface area contributed by atoms with Crippen molar-refractivity contribution in [3.63, 3.8) is 0 Å². The molecule has 0 saturated carbocycles. The van der Waals surface area contributed by atoms with Crippen LogP contribution in [0.4, 0.5) is 0 Å². The van der Waals surface area contributed by atoms with Crippen molar-refractivity contribution in [2.75, 3.05) is 18.6 Å². The highest BCUT2D eigenvalue weighted by atomic mass is 32.2. The molecule has 102 valence electrons. The van der Waals surface area contributed by atoms with Crippen LogP contribution in [0.5, 0.6) is 5.75 Å². The van der Waals surface area contributed by atoms with Crippen molar-refractivity contribution in [1.29, 1.82) is 0 Å². The summed E-state index contributed by atoms with van der Waals surface area (Å²) in [5.41, 5.74) is 6.67. The summed E-state index contributed by atoms with van der Waals surface area (Å²) in [7, 11) is 0. The molecule has 4 nitrogen and oxygen atoms in total. The van der Waals surface area contributed by atoms with E-state index in [1.165, 1.54) is 0 Å². The predicted molar refractivity (Wildman–Crippen MR) is 82.2 cm³/mol. The van der Waals surface area contributed by atoms with Gasteiger partial charge in [0, 0.05) is 12.3 Å². The van der Waals surface area contributed by atoms with Gasteiger partial charge in [0.15, 0.2) is 8.68 Å². The molecule has 2 rings (SSSR count). The van der Waals surface area contributed by atoms with Crippen LogP contribution in [0.25, 0.3) is 0 Å². The summed E-state index contributed by atoms with van der Waals surface area (Å²) >= 11 is 4.90. The third kappa shape index (κ3) is 4.68. The van der Waals surface area contributed by atoms with E-state index in [0.29, 0.717) is 13.2 Å². The van der Waals surface area contributed by atoms with Crippen LogP contribution >= 0.6 is 34.9 Å². The van der Waals surface area contributed by atoms with E-state index in [9.17, 15) is 0 Å². The molecular weight excluding hydrogens is 298 g/mol. The van der Waals surface area contributed by atoms with E-state index >= 15 is 0 Å². The summed E-state index contributed by atoms with van der Waals surface area (Å²) < 4.78 is 7.67. The predicted octanol–water partition coefficient (Wildman–Crippen LogP) is 2.89. The quantitative estimate of drug-likeness (QED) is 0.626. The van der Waals surface area contributed by atoms with Gasteiger partial charge in [0.2, 0.25) is 0 Å². The molecule has 0 aliphatic carbocycles. The molecule has 0 radical (unpaired) electrons. The second-order valence-electron chi connectivity index (χ2n) is 3.59. The Bertz CT molecular complexity index is 518. The lowest BCUT2D eigenvalue weighted by Crippen LogP contribution is -2.01. The zero-order chi connectivity index (χ0) is 13.5. The molecule has 2 aromatic rings. The minimum Gasteiger partial charge on any atom is -0.493 e. The van der Waals surface area contributed by atoms with Crippen LogP contribution in [-0.4, -0.2) is 28.8 Å². The number of thioether (sulfide) groups is 2. The van der Waals surface area contributed by atoms with Crippen LogP contribution in [0.1, 0.15) is 5.56 Å². The van der Waals surface area contributed by atoms with Crippen LogP contribution in [0, 0.1) is 0 Å². The first-order valence-corrected chi connectivity index (χ1v) is 8.76. The Hall–Kier alpha value is -0.760. The Kier molecular flexibility index (Phi) is 5.96. The van der Waals surface area contributed by atoms with Crippen molar-refractivity contribution in [3.8, 4) is 5.75 Å². The highest BCUT2D eigenvalue weighted by Gasteiger charge is 2.03. The zero-order valence-electron chi connectivity index (χ0n) is 10.5. The first-order chi connectivity index (χ1) is 9.31. The summed E-state index contributed by atoms with van der Waals surface area (Å²) in [6, 6.07) is 7.87. The largest absolute Gasteiger partial charge is 0.493 e. The van der Waals surface area contributed by atoms with Gasteiger partial charge in [0.05, 0.1) is 6.61 Å². The first kappa shape index (κ1) is 14.6. The molecule has 1 heterocycles. The number of rotatable bonds is 7. The number of hydrogen-bond donors (Lipinski definition) is 1. The van der Waals surface area contributed by atoms with E-state index in [1.807, 2.05) is 30.5 Å². The maximum Gasteiger partial charge on any atom is 0.175 e. The fourth-order valence-corrected chi connectivity index (χ4v) is 3.71. The molecule has 0 saturated heterocycles. The van der Waals surface area contributed by atoms with Gasteiger partial charge < -0.3 is 10.5 Å². The monoisotopic (exact) mass is 313 g/mol. The van der Waals surface area contributed by atoms with E-state index in [0.717, 1.165) is 25.7 Å². The average Bonchev–Trinajstić information content (AvgIpc) is 2.92. The Balaban J connectivity index is 1.74. The van der Waals surface area contributed by atoms with Crippen LogP contribution in [0.2, 0.25) is 0 Å². The lowest BCUT2D eigenvalue weighted by molar-refractivity contribution is 0.343. The maximum atomic E-state index is 5.68. The van der Waals surface area contributed by atoms with Crippen molar-refractivity contribution in [3.05, 3.63) is 29.8 Å².